The van der Waals surface area contributed by atoms with E-state index in [-0.39, 0.29) is 35.9 Å². The number of rotatable bonds is 7. The van der Waals surface area contributed by atoms with E-state index in [9.17, 15) is 4.79 Å². The summed E-state index contributed by atoms with van der Waals surface area (Å²) < 4.78 is 10.8. The summed E-state index contributed by atoms with van der Waals surface area (Å²) in [6, 6.07) is 11.6. The number of methoxy groups -OCH3 is 1. The SMILES string of the molecule is CCNC(=NCC(c1ccccc1OC)N(C)C)N1CCN(C(=O)c2ccco2)CC1.I. The molecule has 1 aliphatic heterocycles. The van der Waals surface area contributed by atoms with Crippen LogP contribution in [0.5, 0.6) is 5.75 Å². The lowest BCUT2D eigenvalue weighted by Gasteiger charge is -2.36. The van der Waals surface area contributed by atoms with E-state index in [0.717, 1.165) is 36.9 Å². The zero-order chi connectivity index (χ0) is 22.2. The first-order valence-electron chi connectivity index (χ1n) is 10.7. The molecule has 32 heavy (non-hydrogen) atoms. The van der Waals surface area contributed by atoms with E-state index in [0.29, 0.717) is 25.4 Å². The lowest BCUT2D eigenvalue weighted by Crippen LogP contribution is -2.53. The Kier molecular flexibility index (Phi) is 10.3. The number of ether oxygens (including phenoxy) is 1. The first-order chi connectivity index (χ1) is 15.0. The van der Waals surface area contributed by atoms with E-state index in [1.807, 2.05) is 23.1 Å². The predicted molar refractivity (Wildman–Crippen MR) is 137 cm³/mol. The van der Waals surface area contributed by atoms with E-state index in [2.05, 4.69) is 42.2 Å². The Balaban J connectivity index is 0.00000363. The number of hydrogen-bond acceptors (Lipinski definition) is 5. The van der Waals surface area contributed by atoms with Crippen LogP contribution < -0.4 is 10.1 Å². The summed E-state index contributed by atoms with van der Waals surface area (Å²) in [5.74, 6) is 2.07. The second-order valence-corrected chi connectivity index (χ2v) is 7.67. The molecule has 0 saturated carbocycles. The largest absolute Gasteiger partial charge is 0.496 e. The normalized spacial score (nSPS) is 15.3. The highest BCUT2D eigenvalue weighted by atomic mass is 127. The number of piperazine rings is 1. The number of nitrogens with one attached hydrogen (secondary N) is 1. The second kappa shape index (κ2) is 12.7. The van der Waals surface area contributed by atoms with Crippen LogP contribution in [0.15, 0.2) is 52.1 Å². The van der Waals surface area contributed by atoms with Gasteiger partial charge in [0.1, 0.15) is 5.75 Å². The zero-order valence-corrected chi connectivity index (χ0v) is 21.6. The van der Waals surface area contributed by atoms with E-state index >= 15 is 0 Å². The fourth-order valence-electron chi connectivity index (χ4n) is 3.76. The maximum Gasteiger partial charge on any atom is 0.289 e. The molecule has 8 nitrogen and oxygen atoms in total. The number of benzene rings is 1. The van der Waals surface area contributed by atoms with Gasteiger partial charge in [-0.3, -0.25) is 9.79 Å². The van der Waals surface area contributed by atoms with Gasteiger partial charge in [0, 0.05) is 38.3 Å². The Bertz CT molecular complexity index is 864. The van der Waals surface area contributed by atoms with E-state index in [4.69, 9.17) is 14.1 Å². The van der Waals surface area contributed by atoms with Gasteiger partial charge in [-0.05, 0) is 39.2 Å². The summed E-state index contributed by atoms with van der Waals surface area (Å²) >= 11 is 0. The monoisotopic (exact) mass is 555 g/mol. The van der Waals surface area contributed by atoms with Crippen molar-refractivity contribution < 1.29 is 13.9 Å². The van der Waals surface area contributed by atoms with Crippen LogP contribution in [0.3, 0.4) is 0 Å². The van der Waals surface area contributed by atoms with Crippen LogP contribution in [0.25, 0.3) is 0 Å². The molecule has 2 heterocycles. The average molecular weight is 555 g/mol. The van der Waals surface area contributed by atoms with Gasteiger partial charge in [-0.25, -0.2) is 0 Å². The Labute approximate surface area is 207 Å². The number of para-hydroxylation sites is 1. The number of guanidine groups is 1. The molecule has 9 heteroatoms. The van der Waals surface area contributed by atoms with Crippen molar-refractivity contribution in [2.24, 2.45) is 4.99 Å². The van der Waals surface area contributed by atoms with Gasteiger partial charge in [-0.15, -0.1) is 24.0 Å². The first-order valence-corrected chi connectivity index (χ1v) is 10.7. The summed E-state index contributed by atoms with van der Waals surface area (Å²) in [6.45, 7) is 6.16. The molecule has 0 spiro atoms. The third-order valence-electron chi connectivity index (χ3n) is 5.47. The topological polar surface area (TPSA) is 73.6 Å². The van der Waals surface area contributed by atoms with Crippen LogP contribution in [-0.4, -0.2) is 87.0 Å². The number of halogens is 1. The maximum absolute atomic E-state index is 12.5. The van der Waals surface area contributed by atoms with Crippen LogP contribution in [0.2, 0.25) is 0 Å². The quantitative estimate of drug-likeness (QED) is 0.322. The lowest BCUT2D eigenvalue weighted by molar-refractivity contribution is 0.0657. The molecule has 1 fully saturated rings. The minimum atomic E-state index is -0.0598. The predicted octanol–water partition coefficient (Wildman–Crippen LogP) is 2.93. The number of likely N-dealkylation sites (N-methyl/N-ethyl adjacent to an activating group) is 1. The Morgan fingerprint density at radius 2 is 1.84 bits per heavy atom. The van der Waals surface area contributed by atoms with Gasteiger partial charge in [-0.1, -0.05) is 18.2 Å². The van der Waals surface area contributed by atoms with E-state index < -0.39 is 0 Å². The summed E-state index contributed by atoms with van der Waals surface area (Å²) in [4.78, 5) is 23.7. The number of amides is 1. The molecule has 1 aromatic heterocycles. The highest BCUT2D eigenvalue weighted by Gasteiger charge is 2.26. The van der Waals surface area contributed by atoms with Crippen LogP contribution in [0.4, 0.5) is 0 Å². The van der Waals surface area contributed by atoms with E-state index in [1.54, 1.807) is 19.2 Å². The molecule has 1 aromatic carbocycles. The van der Waals surface area contributed by atoms with Gasteiger partial charge in [-0.2, -0.15) is 0 Å². The van der Waals surface area contributed by atoms with Crippen molar-refractivity contribution >= 4 is 35.8 Å². The van der Waals surface area contributed by atoms with Gasteiger partial charge < -0.3 is 29.2 Å². The third kappa shape index (κ3) is 6.38. The molecular weight excluding hydrogens is 521 g/mol. The van der Waals surface area contributed by atoms with E-state index in [1.165, 1.54) is 6.26 Å². The highest BCUT2D eigenvalue weighted by molar-refractivity contribution is 14.0. The minimum absolute atomic E-state index is 0. The zero-order valence-electron chi connectivity index (χ0n) is 19.3. The average Bonchev–Trinajstić information content (AvgIpc) is 3.33. The van der Waals surface area contributed by atoms with Gasteiger partial charge in [0.15, 0.2) is 11.7 Å². The molecule has 1 aliphatic rings. The van der Waals surface area contributed by atoms with Crippen LogP contribution in [0.1, 0.15) is 29.1 Å². The number of nitrogens with zero attached hydrogens (tertiary/aromatic N) is 4. The molecule has 0 aliphatic carbocycles. The molecule has 1 N–H and O–H groups in total. The fourth-order valence-corrected chi connectivity index (χ4v) is 3.76. The molecule has 2 aromatic rings. The van der Waals surface area contributed by atoms with Crippen LogP contribution in [0, 0.1) is 0 Å². The van der Waals surface area contributed by atoms with Gasteiger partial charge in [0.2, 0.25) is 0 Å². The standard InChI is InChI=1S/C23H33N5O3.HI/c1-5-24-23(25-17-19(26(2)3)18-9-6-7-10-20(18)30-4)28-14-12-27(13-15-28)22(29)21-11-8-16-31-21;/h6-11,16,19H,5,12-15,17H2,1-4H3,(H,24,25);1H. The summed E-state index contributed by atoms with van der Waals surface area (Å²) in [5, 5.41) is 3.40. The Morgan fingerprint density at radius 1 is 1.16 bits per heavy atom. The van der Waals surface area contributed by atoms with Gasteiger partial charge >= 0.3 is 0 Å². The Morgan fingerprint density at radius 3 is 2.44 bits per heavy atom. The first kappa shape index (κ1) is 26.0. The molecule has 0 bridgehead atoms. The van der Waals surface area contributed by atoms with Crippen LogP contribution >= 0.6 is 24.0 Å². The lowest BCUT2D eigenvalue weighted by atomic mass is 10.0. The van der Waals surface area contributed by atoms with Crippen molar-refractivity contribution in [3.05, 3.63) is 54.0 Å². The van der Waals surface area contributed by atoms with Crippen molar-refractivity contribution in [1.82, 2.24) is 20.0 Å². The number of furan rings is 1. The molecular formula is C23H34IN5O3. The highest BCUT2D eigenvalue weighted by Crippen LogP contribution is 2.28. The van der Waals surface area contributed by atoms with Crippen molar-refractivity contribution in [3.63, 3.8) is 0 Å². The molecule has 1 amide bonds. The maximum atomic E-state index is 12.5. The fraction of sp³-hybridized carbons (Fsp3) is 0.478. The van der Waals surface area contributed by atoms with Gasteiger partial charge in [0.05, 0.1) is 26.0 Å². The molecule has 3 rings (SSSR count). The van der Waals surface area contributed by atoms with Crippen molar-refractivity contribution in [1.29, 1.82) is 0 Å². The molecule has 1 unspecified atom stereocenters. The smallest absolute Gasteiger partial charge is 0.289 e. The minimum Gasteiger partial charge on any atom is -0.496 e. The van der Waals surface area contributed by atoms with Crippen molar-refractivity contribution in [3.8, 4) is 5.75 Å². The molecule has 1 saturated heterocycles. The number of aliphatic imine (C=N–C) groups is 1. The number of hydrogen-bond donors (Lipinski definition) is 1. The number of carbonyl (C=O) groups excluding carboxylic acids is 1. The molecule has 0 radical (unpaired) electrons. The summed E-state index contributed by atoms with van der Waals surface area (Å²) in [6.07, 6.45) is 1.53. The van der Waals surface area contributed by atoms with Crippen LogP contribution in [-0.2, 0) is 0 Å². The molecule has 176 valence electrons. The third-order valence-corrected chi connectivity index (χ3v) is 5.47. The summed E-state index contributed by atoms with van der Waals surface area (Å²) in [7, 11) is 5.81. The molecule has 1 atom stereocenters. The van der Waals surface area contributed by atoms with Gasteiger partial charge in [0.25, 0.3) is 5.91 Å². The van der Waals surface area contributed by atoms with Crippen molar-refractivity contribution in [2.45, 2.75) is 13.0 Å². The Hall–Kier alpha value is -2.27. The number of carbonyl (C=O) groups is 1. The second-order valence-electron chi connectivity index (χ2n) is 7.67. The summed E-state index contributed by atoms with van der Waals surface area (Å²) in [5.41, 5.74) is 1.11. The van der Waals surface area contributed by atoms with Crippen molar-refractivity contribution in [2.75, 3.05) is 60.5 Å².